The van der Waals surface area contributed by atoms with Gasteiger partial charge in [0, 0.05) is 45.3 Å². The first-order valence-electron chi connectivity index (χ1n) is 9.24. The van der Waals surface area contributed by atoms with Gasteiger partial charge in [0.2, 0.25) is 5.91 Å². The Morgan fingerprint density at radius 1 is 0.962 bits per heavy atom. The molecule has 0 unspecified atom stereocenters. The van der Waals surface area contributed by atoms with Crippen LogP contribution in [0.25, 0.3) is 5.65 Å². The Labute approximate surface area is 153 Å². The molecule has 2 aromatic heterocycles. The van der Waals surface area contributed by atoms with E-state index in [0.29, 0.717) is 6.42 Å². The van der Waals surface area contributed by atoms with Crippen molar-refractivity contribution in [3.05, 3.63) is 72.2 Å². The number of carbonyl (C=O) groups excluding carboxylic acids is 1. The van der Waals surface area contributed by atoms with Gasteiger partial charge in [-0.1, -0.05) is 36.4 Å². The van der Waals surface area contributed by atoms with Gasteiger partial charge in [-0.25, -0.2) is 4.98 Å². The van der Waals surface area contributed by atoms with Gasteiger partial charge < -0.3 is 9.30 Å². The Morgan fingerprint density at radius 3 is 2.54 bits per heavy atom. The third kappa shape index (κ3) is 3.78. The predicted molar refractivity (Wildman–Crippen MR) is 102 cm³/mol. The fourth-order valence-corrected chi connectivity index (χ4v) is 3.54. The summed E-state index contributed by atoms with van der Waals surface area (Å²) in [5, 5.41) is 0. The van der Waals surface area contributed by atoms with Crippen molar-refractivity contribution in [1.29, 1.82) is 0 Å². The van der Waals surface area contributed by atoms with E-state index in [2.05, 4.69) is 32.6 Å². The summed E-state index contributed by atoms with van der Waals surface area (Å²) in [6.07, 6.45) is 5.42. The van der Waals surface area contributed by atoms with Crippen molar-refractivity contribution in [1.82, 2.24) is 19.2 Å². The summed E-state index contributed by atoms with van der Waals surface area (Å²) in [7, 11) is 0. The SMILES string of the molecule is O=C(CCc1ccccc1)N1CCN(Cc2cnc3ccccn23)CC1. The number of amides is 1. The lowest BCUT2D eigenvalue weighted by atomic mass is 10.1. The maximum Gasteiger partial charge on any atom is 0.222 e. The maximum absolute atomic E-state index is 12.5. The molecule has 1 aliphatic heterocycles. The Balaban J connectivity index is 1.28. The number of fused-ring (bicyclic) bond motifs is 1. The molecule has 0 aliphatic carbocycles. The van der Waals surface area contributed by atoms with E-state index in [0.717, 1.165) is 44.8 Å². The summed E-state index contributed by atoms with van der Waals surface area (Å²) in [6.45, 7) is 4.32. The molecule has 1 fully saturated rings. The van der Waals surface area contributed by atoms with Gasteiger partial charge in [0.15, 0.2) is 0 Å². The summed E-state index contributed by atoms with van der Waals surface area (Å²) >= 11 is 0. The van der Waals surface area contributed by atoms with Crippen molar-refractivity contribution in [2.75, 3.05) is 26.2 Å². The van der Waals surface area contributed by atoms with Crippen LogP contribution in [0.5, 0.6) is 0 Å². The van der Waals surface area contributed by atoms with Crippen LogP contribution < -0.4 is 0 Å². The van der Waals surface area contributed by atoms with Crippen LogP contribution in [0.1, 0.15) is 17.7 Å². The minimum atomic E-state index is 0.267. The molecule has 3 heterocycles. The zero-order valence-corrected chi connectivity index (χ0v) is 14.9. The highest BCUT2D eigenvalue weighted by Gasteiger charge is 2.21. The van der Waals surface area contributed by atoms with Crippen molar-refractivity contribution >= 4 is 11.6 Å². The van der Waals surface area contributed by atoms with E-state index in [4.69, 9.17) is 0 Å². The van der Waals surface area contributed by atoms with Gasteiger partial charge in [0.1, 0.15) is 5.65 Å². The first kappa shape index (κ1) is 16.8. The molecule has 5 nitrogen and oxygen atoms in total. The van der Waals surface area contributed by atoms with Crippen molar-refractivity contribution in [2.45, 2.75) is 19.4 Å². The molecule has 0 spiro atoms. The molecule has 3 aromatic rings. The van der Waals surface area contributed by atoms with Crippen molar-refractivity contribution in [3.63, 3.8) is 0 Å². The van der Waals surface area contributed by atoms with Crippen LogP contribution in [0, 0.1) is 0 Å². The van der Waals surface area contributed by atoms with Crippen LogP contribution in [-0.2, 0) is 17.8 Å². The molecular weight excluding hydrogens is 324 g/mol. The number of nitrogens with zero attached hydrogens (tertiary/aromatic N) is 4. The van der Waals surface area contributed by atoms with E-state index < -0.39 is 0 Å². The van der Waals surface area contributed by atoms with E-state index in [1.54, 1.807) is 0 Å². The number of rotatable bonds is 5. The molecule has 26 heavy (non-hydrogen) atoms. The van der Waals surface area contributed by atoms with Crippen LogP contribution in [0.2, 0.25) is 0 Å². The molecule has 1 saturated heterocycles. The topological polar surface area (TPSA) is 40.9 Å². The first-order chi connectivity index (χ1) is 12.8. The summed E-state index contributed by atoms with van der Waals surface area (Å²) in [6, 6.07) is 16.3. The average molecular weight is 348 g/mol. The molecule has 1 aliphatic rings. The standard InChI is InChI=1S/C21H24N4O/c26-21(10-9-18-6-2-1-3-7-18)24-14-12-23(13-15-24)17-19-16-22-20-8-4-5-11-25(19)20/h1-8,11,16H,9-10,12-15,17H2. The van der Waals surface area contributed by atoms with Crippen molar-refractivity contribution in [3.8, 4) is 0 Å². The minimum Gasteiger partial charge on any atom is -0.340 e. The largest absolute Gasteiger partial charge is 0.340 e. The second kappa shape index (κ2) is 7.70. The van der Waals surface area contributed by atoms with E-state index in [-0.39, 0.29) is 5.91 Å². The number of aryl methyl sites for hydroxylation is 1. The van der Waals surface area contributed by atoms with E-state index >= 15 is 0 Å². The Morgan fingerprint density at radius 2 is 1.73 bits per heavy atom. The quantitative estimate of drug-likeness (QED) is 0.712. The Kier molecular flexibility index (Phi) is 4.97. The highest BCUT2D eigenvalue weighted by atomic mass is 16.2. The molecular formula is C21H24N4O. The van der Waals surface area contributed by atoms with Gasteiger partial charge in [-0.15, -0.1) is 0 Å². The molecule has 0 radical (unpaired) electrons. The highest BCUT2D eigenvalue weighted by Crippen LogP contribution is 2.12. The van der Waals surface area contributed by atoms with Crippen LogP contribution in [-0.4, -0.2) is 51.3 Å². The Bertz CT molecular complexity index is 866. The molecule has 1 aromatic carbocycles. The molecule has 0 N–H and O–H groups in total. The van der Waals surface area contributed by atoms with E-state index in [1.165, 1.54) is 11.3 Å². The molecule has 0 atom stereocenters. The van der Waals surface area contributed by atoms with Crippen molar-refractivity contribution in [2.24, 2.45) is 0 Å². The second-order valence-corrected chi connectivity index (χ2v) is 6.82. The summed E-state index contributed by atoms with van der Waals surface area (Å²) in [5.41, 5.74) is 3.41. The lowest BCUT2D eigenvalue weighted by molar-refractivity contribution is -0.133. The van der Waals surface area contributed by atoms with Crippen LogP contribution in [0.3, 0.4) is 0 Å². The number of carbonyl (C=O) groups is 1. The number of hydrogen-bond acceptors (Lipinski definition) is 3. The number of benzene rings is 1. The van der Waals surface area contributed by atoms with Gasteiger partial charge in [0.25, 0.3) is 0 Å². The maximum atomic E-state index is 12.5. The number of piperazine rings is 1. The van der Waals surface area contributed by atoms with Crippen LogP contribution in [0.4, 0.5) is 0 Å². The molecule has 134 valence electrons. The fourth-order valence-electron chi connectivity index (χ4n) is 3.54. The average Bonchev–Trinajstić information content (AvgIpc) is 3.10. The van der Waals surface area contributed by atoms with Gasteiger partial charge in [-0.2, -0.15) is 0 Å². The lowest BCUT2D eigenvalue weighted by Crippen LogP contribution is -2.48. The molecule has 0 saturated carbocycles. The number of aromatic nitrogens is 2. The van der Waals surface area contributed by atoms with Gasteiger partial charge >= 0.3 is 0 Å². The van der Waals surface area contributed by atoms with Gasteiger partial charge in [-0.3, -0.25) is 9.69 Å². The normalized spacial score (nSPS) is 15.5. The predicted octanol–water partition coefficient (Wildman–Crippen LogP) is 2.61. The van der Waals surface area contributed by atoms with Gasteiger partial charge in [-0.05, 0) is 24.1 Å². The zero-order chi connectivity index (χ0) is 17.8. The summed E-state index contributed by atoms with van der Waals surface area (Å²) in [5.74, 6) is 0.267. The van der Waals surface area contributed by atoms with E-state index in [9.17, 15) is 4.79 Å². The second-order valence-electron chi connectivity index (χ2n) is 6.82. The van der Waals surface area contributed by atoms with Gasteiger partial charge in [0.05, 0.1) is 11.9 Å². The zero-order valence-electron chi connectivity index (χ0n) is 14.9. The fraction of sp³-hybridized carbons (Fsp3) is 0.333. The molecule has 1 amide bonds. The third-order valence-corrected chi connectivity index (χ3v) is 5.07. The first-order valence-corrected chi connectivity index (χ1v) is 9.24. The monoisotopic (exact) mass is 348 g/mol. The van der Waals surface area contributed by atoms with Crippen LogP contribution >= 0.6 is 0 Å². The Hall–Kier alpha value is -2.66. The third-order valence-electron chi connectivity index (χ3n) is 5.07. The highest BCUT2D eigenvalue weighted by molar-refractivity contribution is 5.76. The molecule has 4 rings (SSSR count). The number of pyridine rings is 1. The lowest BCUT2D eigenvalue weighted by Gasteiger charge is -2.34. The van der Waals surface area contributed by atoms with Crippen LogP contribution in [0.15, 0.2) is 60.9 Å². The number of hydrogen-bond donors (Lipinski definition) is 0. The smallest absolute Gasteiger partial charge is 0.222 e. The summed E-state index contributed by atoms with van der Waals surface area (Å²) in [4.78, 5) is 21.3. The van der Waals surface area contributed by atoms with Crippen molar-refractivity contribution < 1.29 is 4.79 Å². The number of imidazole rings is 1. The molecule has 5 heteroatoms. The van der Waals surface area contributed by atoms with E-state index in [1.807, 2.05) is 47.5 Å². The molecule has 0 bridgehead atoms. The minimum absolute atomic E-state index is 0.267. The summed E-state index contributed by atoms with van der Waals surface area (Å²) < 4.78 is 2.14.